The number of anilines is 1. The van der Waals surface area contributed by atoms with Crippen molar-refractivity contribution in [2.45, 2.75) is 26.2 Å². The fourth-order valence-corrected chi connectivity index (χ4v) is 4.27. The molecule has 0 saturated heterocycles. The minimum atomic E-state index is -2.97. The SMILES string of the molecule is CCc1cc(NCC2(CS(C)(=O)=O)CC2)nc(-c2ccccn2)n1. The van der Waals surface area contributed by atoms with Crippen LogP contribution in [0.3, 0.4) is 0 Å². The Balaban J connectivity index is 1.79. The van der Waals surface area contributed by atoms with Crippen LogP contribution in [0.1, 0.15) is 25.5 Å². The lowest BCUT2D eigenvalue weighted by molar-refractivity contribution is 0.560. The lowest BCUT2D eigenvalue weighted by Crippen LogP contribution is -2.24. The molecule has 7 heteroatoms. The summed E-state index contributed by atoms with van der Waals surface area (Å²) in [5.74, 6) is 1.54. The van der Waals surface area contributed by atoms with Gasteiger partial charge in [-0.3, -0.25) is 4.98 Å². The third kappa shape index (κ3) is 4.29. The molecule has 0 bridgehead atoms. The summed E-state index contributed by atoms with van der Waals surface area (Å²) in [5, 5.41) is 3.31. The molecule has 1 saturated carbocycles. The molecule has 0 spiro atoms. The van der Waals surface area contributed by atoms with Crippen LogP contribution in [0.5, 0.6) is 0 Å². The van der Waals surface area contributed by atoms with Crippen LogP contribution in [0.2, 0.25) is 0 Å². The maximum atomic E-state index is 11.6. The molecule has 0 aliphatic heterocycles. The van der Waals surface area contributed by atoms with Crippen molar-refractivity contribution in [3.63, 3.8) is 0 Å². The Bertz CT molecular complexity index is 818. The molecule has 2 aromatic heterocycles. The minimum Gasteiger partial charge on any atom is -0.369 e. The van der Waals surface area contributed by atoms with Crippen LogP contribution < -0.4 is 5.32 Å². The Hall–Kier alpha value is -2.02. The van der Waals surface area contributed by atoms with E-state index in [0.717, 1.165) is 36.5 Å². The van der Waals surface area contributed by atoms with Crippen molar-refractivity contribution in [3.05, 3.63) is 36.2 Å². The van der Waals surface area contributed by atoms with Crippen molar-refractivity contribution in [1.82, 2.24) is 15.0 Å². The van der Waals surface area contributed by atoms with Crippen LogP contribution in [0.4, 0.5) is 5.82 Å². The molecule has 1 N–H and O–H groups in total. The Labute approximate surface area is 142 Å². The summed E-state index contributed by atoms with van der Waals surface area (Å²) < 4.78 is 23.2. The van der Waals surface area contributed by atoms with E-state index in [1.54, 1.807) is 6.20 Å². The molecule has 0 aromatic carbocycles. The number of aryl methyl sites for hydroxylation is 1. The fourth-order valence-electron chi connectivity index (χ4n) is 2.76. The molecule has 3 rings (SSSR count). The number of nitrogens with zero attached hydrogens (tertiary/aromatic N) is 3. The van der Waals surface area contributed by atoms with Gasteiger partial charge in [0.15, 0.2) is 5.82 Å². The highest BCUT2D eigenvalue weighted by molar-refractivity contribution is 7.90. The number of sulfone groups is 1. The van der Waals surface area contributed by atoms with Crippen LogP contribution >= 0.6 is 0 Å². The van der Waals surface area contributed by atoms with Gasteiger partial charge in [-0.2, -0.15) is 0 Å². The Morgan fingerprint density at radius 2 is 2.04 bits per heavy atom. The van der Waals surface area contributed by atoms with E-state index in [1.807, 2.05) is 31.2 Å². The summed E-state index contributed by atoms with van der Waals surface area (Å²) in [5.41, 5.74) is 1.52. The lowest BCUT2D eigenvalue weighted by Gasteiger charge is -2.16. The van der Waals surface area contributed by atoms with E-state index in [9.17, 15) is 8.42 Å². The first-order chi connectivity index (χ1) is 11.4. The van der Waals surface area contributed by atoms with E-state index in [2.05, 4.69) is 20.3 Å². The zero-order chi connectivity index (χ0) is 17.2. The smallest absolute Gasteiger partial charge is 0.180 e. The van der Waals surface area contributed by atoms with E-state index in [1.165, 1.54) is 6.26 Å². The van der Waals surface area contributed by atoms with Gasteiger partial charge in [0.1, 0.15) is 21.3 Å². The van der Waals surface area contributed by atoms with Gasteiger partial charge in [0.05, 0.1) is 5.75 Å². The van der Waals surface area contributed by atoms with Crippen molar-refractivity contribution in [3.8, 4) is 11.5 Å². The van der Waals surface area contributed by atoms with Gasteiger partial charge in [-0.25, -0.2) is 18.4 Å². The molecule has 0 unspecified atom stereocenters. The highest BCUT2D eigenvalue weighted by Gasteiger charge is 2.45. The van der Waals surface area contributed by atoms with Crippen LogP contribution in [-0.4, -0.2) is 41.9 Å². The van der Waals surface area contributed by atoms with Gasteiger partial charge in [0.25, 0.3) is 0 Å². The highest BCUT2D eigenvalue weighted by atomic mass is 32.2. The first-order valence-corrected chi connectivity index (χ1v) is 10.2. The van der Waals surface area contributed by atoms with Gasteiger partial charge >= 0.3 is 0 Å². The minimum absolute atomic E-state index is 0.143. The van der Waals surface area contributed by atoms with Gasteiger partial charge in [0.2, 0.25) is 0 Å². The van der Waals surface area contributed by atoms with Crippen LogP contribution in [0, 0.1) is 5.41 Å². The number of hydrogen-bond acceptors (Lipinski definition) is 6. The fraction of sp³-hybridized carbons (Fsp3) is 0.471. The summed E-state index contributed by atoms with van der Waals surface area (Å²) in [6, 6.07) is 7.56. The normalized spacial score (nSPS) is 15.9. The largest absolute Gasteiger partial charge is 0.369 e. The quantitative estimate of drug-likeness (QED) is 0.828. The Morgan fingerprint density at radius 3 is 2.62 bits per heavy atom. The van der Waals surface area contributed by atoms with Crippen molar-refractivity contribution < 1.29 is 8.42 Å². The van der Waals surface area contributed by atoms with Gasteiger partial charge < -0.3 is 5.32 Å². The standard InChI is InChI=1S/C17H22N4O2S/c1-3-13-10-15(19-11-17(7-8-17)12-24(2,22)23)21-16(20-13)14-6-4-5-9-18-14/h4-6,9-10H,3,7-8,11-12H2,1-2H3,(H,19,20,21). The van der Waals surface area contributed by atoms with Gasteiger partial charge in [-0.05, 0) is 31.4 Å². The molecule has 24 heavy (non-hydrogen) atoms. The van der Waals surface area contributed by atoms with E-state index in [-0.39, 0.29) is 11.2 Å². The zero-order valence-corrected chi connectivity index (χ0v) is 14.8. The van der Waals surface area contributed by atoms with Crippen molar-refractivity contribution in [2.75, 3.05) is 23.9 Å². The number of aromatic nitrogens is 3. The third-order valence-corrected chi connectivity index (χ3v) is 5.34. The molecule has 0 radical (unpaired) electrons. The molecule has 0 amide bonds. The molecule has 1 aliphatic carbocycles. The number of nitrogens with one attached hydrogen (secondary N) is 1. The predicted octanol–water partition coefficient (Wildman–Crippen LogP) is 2.34. The van der Waals surface area contributed by atoms with E-state index in [0.29, 0.717) is 12.4 Å². The average molecular weight is 346 g/mol. The molecule has 1 aliphatic rings. The van der Waals surface area contributed by atoms with E-state index < -0.39 is 9.84 Å². The summed E-state index contributed by atoms with van der Waals surface area (Å²) in [6.07, 6.45) is 5.69. The van der Waals surface area contributed by atoms with Crippen LogP contribution in [0.15, 0.2) is 30.5 Å². The first kappa shape index (κ1) is 16.8. The molecule has 6 nitrogen and oxygen atoms in total. The molecule has 128 valence electrons. The van der Waals surface area contributed by atoms with Gasteiger partial charge in [0, 0.05) is 36.2 Å². The Morgan fingerprint density at radius 1 is 1.25 bits per heavy atom. The molecule has 1 fully saturated rings. The molecule has 2 heterocycles. The summed E-state index contributed by atoms with van der Waals surface area (Å²) in [4.78, 5) is 13.4. The van der Waals surface area contributed by atoms with Crippen LogP contribution in [-0.2, 0) is 16.3 Å². The molecular formula is C17H22N4O2S. The summed E-state index contributed by atoms with van der Waals surface area (Å²) >= 11 is 0. The Kier molecular flexibility index (Phi) is 4.54. The summed E-state index contributed by atoms with van der Waals surface area (Å²) in [6.45, 7) is 2.66. The van der Waals surface area contributed by atoms with Crippen LogP contribution in [0.25, 0.3) is 11.5 Å². The second kappa shape index (κ2) is 6.47. The lowest BCUT2D eigenvalue weighted by atomic mass is 10.1. The highest BCUT2D eigenvalue weighted by Crippen LogP contribution is 2.46. The molecular weight excluding hydrogens is 324 g/mol. The maximum absolute atomic E-state index is 11.6. The first-order valence-electron chi connectivity index (χ1n) is 8.10. The third-order valence-electron chi connectivity index (χ3n) is 4.21. The number of pyridine rings is 1. The van der Waals surface area contributed by atoms with Gasteiger partial charge in [-0.15, -0.1) is 0 Å². The summed E-state index contributed by atoms with van der Waals surface area (Å²) in [7, 11) is -2.97. The molecule has 0 atom stereocenters. The van der Waals surface area contributed by atoms with Crippen molar-refractivity contribution in [1.29, 1.82) is 0 Å². The maximum Gasteiger partial charge on any atom is 0.180 e. The number of rotatable bonds is 7. The number of hydrogen-bond donors (Lipinski definition) is 1. The second-order valence-electron chi connectivity index (χ2n) is 6.56. The molecule has 2 aromatic rings. The topological polar surface area (TPSA) is 84.8 Å². The van der Waals surface area contributed by atoms with Crippen molar-refractivity contribution in [2.24, 2.45) is 5.41 Å². The van der Waals surface area contributed by atoms with Gasteiger partial charge in [-0.1, -0.05) is 13.0 Å². The predicted molar refractivity (Wildman–Crippen MR) is 94.5 cm³/mol. The van der Waals surface area contributed by atoms with Crippen molar-refractivity contribution >= 4 is 15.7 Å². The zero-order valence-electron chi connectivity index (χ0n) is 14.0. The monoisotopic (exact) mass is 346 g/mol. The average Bonchev–Trinajstić information content (AvgIpc) is 3.31. The second-order valence-corrected chi connectivity index (χ2v) is 8.70. The van der Waals surface area contributed by atoms with E-state index >= 15 is 0 Å². The van der Waals surface area contributed by atoms with E-state index in [4.69, 9.17) is 0 Å².